The van der Waals surface area contributed by atoms with Crippen LogP contribution < -0.4 is 0 Å². The van der Waals surface area contributed by atoms with Crippen LogP contribution in [0.4, 0.5) is 0 Å². The number of aromatic nitrogens is 3. The number of nitrogens with zero attached hydrogens (tertiary/aromatic N) is 3. The van der Waals surface area contributed by atoms with Gasteiger partial charge in [0.05, 0.1) is 6.20 Å². The third-order valence-corrected chi connectivity index (χ3v) is 2.34. The first-order valence-electron chi connectivity index (χ1n) is 4.53. The van der Waals surface area contributed by atoms with Crippen LogP contribution in [0.15, 0.2) is 11.4 Å². The van der Waals surface area contributed by atoms with Gasteiger partial charge in [-0.2, -0.15) is 5.10 Å². The van der Waals surface area contributed by atoms with Crippen molar-refractivity contribution >= 4 is 17.5 Å². The number of carbonyl (C=O) groups is 1. The predicted molar refractivity (Wildman–Crippen MR) is 55.4 cm³/mol. The van der Waals surface area contributed by atoms with Gasteiger partial charge in [0.25, 0.3) is 0 Å². The molecule has 4 nitrogen and oxygen atoms in total. The minimum Gasteiger partial charge on any atom is -0.292 e. The lowest BCUT2D eigenvalue weighted by Gasteiger charge is -2.02. The van der Waals surface area contributed by atoms with Crippen LogP contribution in [0.5, 0.6) is 0 Å². The van der Waals surface area contributed by atoms with Crippen LogP contribution in [0.1, 0.15) is 37.7 Å². The summed E-state index contributed by atoms with van der Waals surface area (Å²) in [5.41, 5.74) is 0.408. The molecule has 0 bridgehead atoms. The highest BCUT2D eigenvalue weighted by atomic mass is 32.2. The first kappa shape index (κ1) is 11.1. The molecule has 0 aliphatic heterocycles. The molecule has 14 heavy (non-hydrogen) atoms. The molecule has 0 spiro atoms. The fourth-order valence-corrected chi connectivity index (χ4v) is 1.53. The van der Waals surface area contributed by atoms with Crippen LogP contribution in [-0.2, 0) is 0 Å². The topological polar surface area (TPSA) is 55.7 Å². The summed E-state index contributed by atoms with van der Waals surface area (Å²) in [6.45, 7) is 5.89. The summed E-state index contributed by atoms with van der Waals surface area (Å²) < 4.78 is 0. The number of ketones is 1. The number of hydrogen-bond acceptors (Lipinski definition) is 5. The number of hydrogen-bond donors (Lipinski definition) is 0. The number of thioether (sulfide) groups is 1. The Bertz CT molecular complexity index is 328. The Morgan fingerprint density at radius 3 is 2.86 bits per heavy atom. The molecule has 1 aromatic rings. The molecule has 1 rings (SSSR count). The second-order valence-electron chi connectivity index (χ2n) is 3.07. The van der Waals surface area contributed by atoms with Gasteiger partial charge in [-0.25, -0.2) is 4.98 Å². The van der Waals surface area contributed by atoms with E-state index in [1.54, 1.807) is 6.92 Å². The Morgan fingerprint density at radius 2 is 2.29 bits per heavy atom. The van der Waals surface area contributed by atoms with Crippen molar-refractivity contribution in [2.24, 2.45) is 0 Å². The Labute approximate surface area is 87.5 Å². The Hall–Kier alpha value is -0.970. The number of carbonyl (C=O) groups excluding carboxylic acids is 1. The van der Waals surface area contributed by atoms with E-state index in [0.29, 0.717) is 22.5 Å². The largest absolute Gasteiger partial charge is 0.292 e. The van der Waals surface area contributed by atoms with Crippen LogP contribution in [0.2, 0.25) is 0 Å². The molecule has 0 N–H and O–H groups in total. The van der Waals surface area contributed by atoms with Crippen LogP contribution in [0.25, 0.3) is 0 Å². The van der Waals surface area contributed by atoms with E-state index in [1.807, 2.05) is 13.8 Å². The zero-order chi connectivity index (χ0) is 10.6. The first-order valence-corrected chi connectivity index (χ1v) is 5.41. The predicted octanol–water partition coefficient (Wildman–Crippen LogP) is 1.96. The summed E-state index contributed by atoms with van der Waals surface area (Å²) in [7, 11) is 0. The van der Waals surface area contributed by atoms with Gasteiger partial charge in [0.15, 0.2) is 5.78 Å². The van der Waals surface area contributed by atoms with E-state index in [4.69, 9.17) is 0 Å². The molecule has 0 amide bonds. The van der Waals surface area contributed by atoms with Gasteiger partial charge in [0.1, 0.15) is 5.69 Å². The summed E-state index contributed by atoms with van der Waals surface area (Å²) in [5, 5.41) is 8.56. The molecule has 0 saturated carbocycles. The van der Waals surface area contributed by atoms with Crippen LogP contribution in [-0.4, -0.2) is 26.2 Å². The molecule has 5 heteroatoms. The van der Waals surface area contributed by atoms with Crippen molar-refractivity contribution in [3.8, 4) is 0 Å². The SMILES string of the molecule is CCC(=O)c1cnnc(SC(C)C)n1. The minimum absolute atomic E-state index is 0.00510. The van der Waals surface area contributed by atoms with Gasteiger partial charge >= 0.3 is 0 Å². The van der Waals surface area contributed by atoms with Gasteiger partial charge in [-0.05, 0) is 0 Å². The Kier molecular flexibility index (Phi) is 4.00. The molecule has 0 aromatic carbocycles. The second kappa shape index (κ2) is 5.05. The van der Waals surface area contributed by atoms with E-state index in [0.717, 1.165) is 0 Å². The van der Waals surface area contributed by atoms with Crippen LogP contribution in [0, 0.1) is 0 Å². The van der Waals surface area contributed by atoms with Crippen molar-refractivity contribution in [3.05, 3.63) is 11.9 Å². The fourth-order valence-electron chi connectivity index (χ4n) is 0.863. The van der Waals surface area contributed by atoms with Gasteiger partial charge in [0, 0.05) is 11.7 Å². The number of Topliss-reactive ketones (excluding diaryl/α,β-unsaturated/α-hetero) is 1. The molecule has 0 saturated heterocycles. The third kappa shape index (κ3) is 3.06. The van der Waals surface area contributed by atoms with E-state index < -0.39 is 0 Å². The molecular weight excluding hydrogens is 198 g/mol. The van der Waals surface area contributed by atoms with E-state index in [9.17, 15) is 4.79 Å². The van der Waals surface area contributed by atoms with Gasteiger partial charge < -0.3 is 0 Å². The lowest BCUT2D eigenvalue weighted by Crippen LogP contribution is -2.04. The molecular formula is C9H13N3OS. The number of rotatable bonds is 4. The summed E-state index contributed by atoms with van der Waals surface area (Å²) >= 11 is 1.50. The fraction of sp³-hybridized carbons (Fsp3) is 0.556. The average molecular weight is 211 g/mol. The van der Waals surface area contributed by atoms with Gasteiger partial charge in [-0.1, -0.05) is 32.5 Å². The summed E-state index contributed by atoms with van der Waals surface area (Å²) in [6.07, 6.45) is 1.86. The molecule has 0 aliphatic rings. The smallest absolute Gasteiger partial charge is 0.209 e. The molecule has 0 radical (unpaired) electrons. The van der Waals surface area contributed by atoms with E-state index in [1.165, 1.54) is 18.0 Å². The highest BCUT2D eigenvalue weighted by Gasteiger charge is 2.08. The molecule has 0 atom stereocenters. The van der Waals surface area contributed by atoms with Gasteiger partial charge in [-0.3, -0.25) is 4.79 Å². The first-order chi connectivity index (χ1) is 6.63. The lowest BCUT2D eigenvalue weighted by atomic mass is 10.2. The molecule has 0 fully saturated rings. The zero-order valence-corrected chi connectivity index (χ0v) is 9.34. The molecule has 0 aliphatic carbocycles. The standard InChI is InChI=1S/C9H13N3OS/c1-4-8(13)7-5-10-12-9(11-7)14-6(2)3/h5-6H,4H2,1-3H3. The molecule has 1 heterocycles. The highest BCUT2D eigenvalue weighted by Crippen LogP contribution is 2.17. The molecule has 0 unspecified atom stereocenters. The van der Waals surface area contributed by atoms with Crippen molar-refractivity contribution in [3.63, 3.8) is 0 Å². The van der Waals surface area contributed by atoms with Gasteiger partial charge in [0.2, 0.25) is 5.16 Å². The zero-order valence-electron chi connectivity index (χ0n) is 8.52. The average Bonchev–Trinajstić information content (AvgIpc) is 2.16. The van der Waals surface area contributed by atoms with Crippen LogP contribution in [0.3, 0.4) is 0 Å². The lowest BCUT2D eigenvalue weighted by molar-refractivity contribution is 0.0982. The second-order valence-corrected chi connectivity index (χ2v) is 4.61. The molecule has 1 aromatic heterocycles. The van der Waals surface area contributed by atoms with E-state index in [-0.39, 0.29) is 5.78 Å². The Morgan fingerprint density at radius 1 is 1.57 bits per heavy atom. The van der Waals surface area contributed by atoms with Crippen molar-refractivity contribution in [1.29, 1.82) is 0 Å². The quantitative estimate of drug-likeness (QED) is 0.563. The molecule has 76 valence electrons. The highest BCUT2D eigenvalue weighted by molar-refractivity contribution is 7.99. The van der Waals surface area contributed by atoms with E-state index in [2.05, 4.69) is 15.2 Å². The van der Waals surface area contributed by atoms with Crippen molar-refractivity contribution in [2.75, 3.05) is 0 Å². The summed E-state index contributed by atoms with van der Waals surface area (Å²) in [5.74, 6) is 0.00510. The maximum atomic E-state index is 11.3. The maximum absolute atomic E-state index is 11.3. The minimum atomic E-state index is 0.00510. The summed E-state index contributed by atoms with van der Waals surface area (Å²) in [4.78, 5) is 15.4. The van der Waals surface area contributed by atoms with Crippen molar-refractivity contribution < 1.29 is 4.79 Å². The monoisotopic (exact) mass is 211 g/mol. The van der Waals surface area contributed by atoms with Crippen molar-refractivity contribution in [2.45, 2.75) is 37.6 Å². The third-order valence-electron chi connectivity index (χ3n) is 1.49. The summed E-state index contributed by atoms with van der Waals surface area (Å²) in [6, 6.07) is 0. The van der Waals surface area contributed by atoms with Crippen LogP contribution >= 0.6 is 11.8 Å². The maximum Gasteiger partial charge on any atom is 0.209 e. The van der Waals surface area contributed by atoms with Gasteiger partial charge in [-0.15, -0.1) is 5.10 Å². The normalized spacial score (nSPS) is 10.6. The Balaban J connectivity index is 2.84. The van der Waals surface area contributed by atoms with E-state index >= 15 is 0 Å². The van der Waals surface area contributed by atoms with Crippen molar-refractivity contribution in [1.82, 2.24) is 15.2 Å².